The summed E-state index contributed by atoms with van der Waals surface area (Å²) in [5.41, 5.74) is 2.83. The van der Waals surface area contributed by atoms with Gasteiger partial charge in [0, 0.05) is 0 Å². The largest absolute Gasteiger partial charge is 0.274 e. The van der Waals surface area contributed by atoms with E-state index in [4.69, 9.17) is 23.2 Å². The SMILES string of the molecule is O=C(NN=Cc1ccc(Cl)c(Cl)c1)c1ccccc1F. The highest BCUT2D eigenvalue weighted by molar-refractivity contribution is 6.42. The van der Waals surface area contributed by atoms with Crippen LogP contribution in [0.1, 0.15) is 15.9 Å². The smallest absolute Gasteiger partial charge is 0.267 e. The molecule has 1 amide bonds. The van der Waals surface area contributed by atoms with Gasteiger partial charge in [-0.1, -0.05) is 41.4 Å². The standard InChI is InChI=1S/C14H9Cl2FN2O/c15-11-6-5-9(7-12(11)16)8-18-19-14(20)10-3-1-2-4-13(10)17/h1-8H,(H,19,20). The Bertz CT molecular complexity index is 674. The molecule has 3 nitrogen and oxygen atoms in total. The summed E-state index contributed by atoms with van der Waals surface area (Å²) in [4.78, 5) is 11.7. The molecule has 0 aliphatic heterocycles. The number of hydrogen-bond acceptors (Lipinski definition) is 2. The van der Waals surface area contributed by atoms with Crippen LogP contribution in [0.15, 0.2) is 47.6 Å². The van der Waals surface area contributed by atoms with Gasteiger partial charge in [-0.25, -0.2) is 9.82 Å². The van der Waals surface area contributed by atoms with Gasteiger partial charge in [-0.3, -0.25) is 4.79 Å². The predicted molar refractivity (Wildman–Crippen MR) is 77.9 cm³/mol. The highest BCUT2D eigenvalue weighted by atomic mass is 35.5. The van der Waals surface area contributed by atoms with Crippen molar-refractivity contribution in [3.63, 3.8) is 0 Å². The molecule has 6 heteroatoms. The number of benzene rings is 2. The molecule has 0 aromatic heterocycles. The summed E-state index contributed by atoms with van der Waals surface area (Å²) < 4.78 is 13.3. The first-order valence-corrected chi connectivity index (χ1v) is 6.36. The molecule has 20 heavy (non-hydrogen) atoms. The van der Waals surface area contributed by atoms with Crippen LogP contribution in [-0.4, -0.2) is 12.1 Å². The van der Waals surface area contributed by atoms with Gasteiger partial charge in [0.1, 0.15) is 5.82 Å². The zero-order valence-electron chi connectivity index (χ0n) is 10.1. The van der Waals surface area contributed by atoms with E-state index in [1.165, 1.54) is 24.4 Å². The van der Waals surface area contributed by atoms with Gasteiger partial charge >= 0.3 is 0 Å². The maximum Gasteiger partial charge on any atom is 0.274 e. The maximum absolute atomic E-state index is 13.3. The van der Waals surface area contributed by atoms with Crippen LogP contribution < -0.4 is 5.43 Å². The Balaban J connectivity index is 2.05. The second-order valence-electron chi connectivity index (χ2n) is 3.85. The molecule has 0 unspecified atom stereocenters. The van der Waals surface area contributed by atoms with Gasteiger partial charge in [-0.15, -0.1) is 0 Å². The van der Waals surface area contributed by atoms with E-state index in [0.717, 1.165) is 0 Å². The van der Waals surface area contributed by atoms with Crippen LogP contribution in [0.4, 0.5) is 4.39 Å². The number of nitrogens with zero attached hydrogens (tertiary/aromatic N) is 1. The quantitative estimate of drug-likeness (QED) is 0.678. The number of carbonyl (C=O) groups is 1. The Morgan fingerprint density at radius 1 is 1.15 bits per heavy atom. The van der Waals surface area contributed by atoms with Gasteiger partial charge in [-0.05, 0) is 29.8 Å². The summed E-state index contributed by atoms with van der Waals surface area (Å²) in [5.74, 6) is -1.23. The van der Waals surface area contributed by atoms with Crippen molar-refractivity contribution >= 4 is 35.3 Å². The van der Waals surface area contributed by atoms with Crippen LogP contribution in [0, 0.1) is 5.82 Å². The summed E-state index contributed by atoms with van der Waals surface area (Å²) in [7, 11) is 0. The third kappa shape index (κ3) is 3.56. The first-order valence-electron chi connectivity index (χ1n) is 5.61. The van der Waals surface area contributed by atoms with Crippen LogP contribution in [0.3, 0.4) is 0 Å². The highest BCUT2D eigenvalue weighted by Crippen LogP contribution is 2.21. The third-order valence-electron chi connectivity index (χ3n) is 2.44. The molecular weight excluding hydrogens is 302 g/mol. The van der Waals surface area contributed by atoms with Crippen molar-refractivity contribution in [2.75, 3.05) is 0 Å². The van der Waals surface area contributed by atoms with Crippen molar-refractivity contribution in [2.24, 2.45) is 5.10 Å². The van der Waals surface area contributed by atoms with Gasteiger partial charge in [0.05, 0.1) is 21.8 Å². The van der Waals surface area contributed by atoms with E-state index in [-0.39, 0.29) is 5.56 Å². The van der Waals surface area contributed by atoms with Gasteiger partial charge < -0.3 is 0 Å². The number of nitrogens with one attached hydrogen (secondary N) is 1. The summed E-state index contributed by atoms with van der Waals surface area (Å²) in [6.45, 7) is 0. The lowest BCUT2D eigenvalue weighted by atomic mass is 10.2. The van der Waals surface area contributed by atoms with Crippen LogP contribution >= 0.6 is 23.2 Å². The summed E-state index contributed by atoms with van der Waals surface area (Å²) in [6, 6.07) is 10.6. The predicted octanol–water partition coefficient (Wildman–Crippen LogP) is 3.90. The van der Waals surface area contributed by atoms with Crippen molar-refractivity contribution in [3.8, 4) is 0 Å². The molecule has 2 aromatic rings. The van der Waals surface area contributed by atoms with Crippen LogP contribution in [0.2, 0.25) is 10.0 Å². The lowest BCUT2D eigenvalue weighted by Gasteiger charge is -2.01. The molecule has 102 valence electrons. The molecule has 2 aromatic carbocycles. The number of carbonyl (C=O) groups excluding carboxylic acids is 1. The van der Waals surface area contributed by atoms with E-state index in [0.29, 0.717) is 15.6 Å². The minimum absolute atomic E-state index is 0.0706. The first kappa shape index (κ1) is 14.5. The Labute approximate surface area is 125 Å². The molecule has 0 heterocycles. The van der Waals surface area contributed by atoms with Crippen LogP contribution in [-0.2, 0) is 0 Å². The van der Waals surface area contributed by atoms with Crippen LogP contribution in [0.25, 0.3) is 0 Å². The molecule has 0 aliphatic rings. The second kappa shape index (κ2) is 6.50. The van der Waals surface area contributed by atoms with E-state index >= 15 is 0 Å². The normalized spacial score (nSPS) is 10.8. The zero-order valence-corrected chi connectivity index (χ0v) is 11.6. The average Bonchev–Trinajstić information content (AvgIpc) is 2.43. The fourth-order valence-corrected chi connectivity index (χ4v) is 1.77. The lowest BCUT2D eigenvalue weighted by molar-refractivity contribution is 0.0951. The highest BCUT2D eigenvalue weighted by Gasteiger charge is 2.09. The van der Waals surface area contributed by atoms with Gasteiger partial charge in [-0.2, -0.15) is 5.10 Å². The topological polar surface area (TPSA) is 41.5 Å². The molecule has 2 rings (SSSR count). The molecule has 0 radical (unpaired) electrons. The number of halogens is 3. The van der Waals surface area contributed by atoms with Gasteiger partial charge in [0.2, 0.25) is 0 Å². The molecule has 0 bridgehead atoms. The fourth-order valence-electron chi connectivity index (χ4n) is 1.46. The first-order chi connectivity index (χ1) is 9.58. The maximum atomic E-state index is 13.3. The Morgan fingerprint density at radius 2 is 1.90 bits per heavy atom. The molecule has 0 saturated carbocycles. The molecule has 1 N–H and O–H groups in total. The van der Waals surface area contributed by atoms with Gasteiger partial charge in [0.15, 0.2) is 0 Å². The average molecular weight is 311 g/mol. The van der Waals surface area contributed by atoms with E-state index in [9.17, 15) is 9.18 Å². The molecular formula is C14H9Cl2FN2O. The number of hydrogen-bond donors (Lipinski definition) is 1. The minimum atomic E-state index is -0.626. The number of hydrazone groups is 1. The van der Waals surface area contributed by atoms with Gasteiger partial charge in [0.25, 0.3) is 5.91 Å². The minimum Gasteiger partial charge on any atom is -0.267 e. The number of amides is 1. The van der Waals surface area contributed by atoms with E-state index in [2.05, 4.69) is 10.5 Å². The zero-order chi connectivity index (χ0) is 14.5. The van der Waals surface area contributed by atoms with Crippen molar-refractivity contribution in [1.29, 1.82) is 0 Å². The lowest BCUT2D eigenvalue weighted by Crippen LogP contribution is -2.18. The summed E-state index contributed by atoms with van der Waals surface area (Å²) in [5, 5.41) is 4.55. The second-order valence-corrected chi connectivity index (χ2v) is 4.67. The summed E-state index contributed by atoms with van der Waals surface area (Å²) >= 11 is 11.6. The fraction of sp³-hybridized carbons (Fsp3) is 0. The van der Waals surface area contributed by atoms with Crippen molar-refractivity contribution < 1.29 is 9.18 Å². The van der Waals surface area contributed by atoms with E-state index < -0.39 is 11.7 Å². The molecule has 0 spiro atoms. The molecule has 0 atom stereocenters. The monoisotopic (exact) mass is 310 g/mol. The molecule has 0 aliphatic carbocycles. The Hall–Kier alpha value is -1.91. The van der Waals surface area contributed by atoms with Crippen LogP contribution in [0.5, 0.6) is 0 Å². The Kier molecular flexibility index (Phi) is 4.71. The molecule has 0 saturated heterocycles. The number of rotatable bonds is 3. The Morgan fingerprint density at radius 3 is 2.60 bits per heavy atom. The van der Waals surface area contributed by atoms with Crippen molar-refractivity contribution in [3.05, 3.63) is 69.5 Å². The van der Waals surface area contributed by atoms with Crippen molar-refractivity contribution in [1.82, 2.24) is 5.43 Å². The van der Waals surface area contributed by atoms with E-state index in [1.54, 1.807) is 24.3 Å². The van der Waals surface area contributed by atoms with Crippen molar-refractivity contribution in [2.45, 2.75) is 0 Å². The third-order valence-corrected chi connectivity index (χ3v) is 3.18. The van der Waals surface area contributed by atoms with E-state index in [1.807, 2.05) is 0 Å². The summed E-state index contributed by atoms with van der Waals surface area (Å²) in [6.07, 6.45) is 1.39. The molecule has 0 fully saturated rings.